The number of nitrogens with one attached hydrogen (secondary N) is 1. The molecule has 9 heteroatoms. The van der Waals surface area contributed by atoms with E-state index in [-0.39, 0.29) is 25.7 Å². The molecule has 2 aromatic carbocycles. The fourth-order valence-corrected chi connectivity index (χ4v) is 4.96. The van der Waals surface area contributed by atoms with Crippen LogP contribution in [0.25, 0.3) is 0 Å². The van der Waals surface area contributed by atoms with Crippen molar-refractivity contribution in [1.29, 1.82) is 0 Å². The van der Waals surface area contributed by atoms with Gasteiger partial charge in [0.1, 0.15) is 4.90 Å². The topological polar surface area (TPSA) is 46.2 Å². The molecule has 0 spiro atoms. The van der Waals surface area contributed by atoms with Crippen LogP contribution in [0.1, 0.15) is 0 Å². The van der Waals surface area contributed by atoms with Crippen LogP contribution in [0.3, 0.4) is 0 Å². The molecular formula is C12H6BrCl4NO2S. The first-order valence-electron chi connectivity index (χ1n) is 5.33. The van der Waals surface area contributed by atoms with Crippen molar-refractivity contribution in [2.45, 2.75) is 4.90 Å². The third-order valence-corrected chi connectivity index (χ3v) is 5.71. The first-order chi connectivity index (χ1) is 9.70. The summed E-state index contributed by atoms with van der Waals surface area (Å²) in [7, 11) is -4.01. The maximum atomic E-state index is 12.4. The maximum absolute atomic E-state index is 12.4. The van der Waals surface area contributed by atoms with Crippen molar-refractivity contribution < 1.29 is 8.42 Å². The number of benzene rings is 2. The van der Waals surface area contributed by atoms with Crippen LogP contribution in [0.15, 0.2) is 39.7 Å². The molecule has 0 aliphatic rings. The van der Waals surface area contributed by atoms with Gasteiger partial charge in [-0.3, -0.25) is 4.72 Å². The summed E-state index contributed by atoms with van der Waals surface area (Å²) in [6.45, 7) is 0. The van der Waals surface area contributed by atoms with Crippen LogP contribution in [0, 0.1) is 0 Å². The molecule has 0 saturated heterocycles. The van der Waals surface area contributed by atoms with Crippen LogP contribution >= 0.6 is 62.3 Å². The van der Waals surface area contributed by atoms with Crippen molar-refractivity contribution in [3.05, 3.63) is 54.9 Å². The average Bonchev–Trinajstić information content (AvgIpc) is 2.31. The third-order valence-electron chi connectivity index (χ3n) is 2.40. The van der Waals surface area contributed by atoms with Gasteiger partial charge in [0.2, 0.25) is 0 Å². The average molecular weight is 450 g/mol. The van der Waals surface area contributed by atoms with E-state index in [0.717, 1.165) is 0 Å². The summed E-state index contributed by atoms with van der Waals surface area (Å²) >= 11 is 26.9. The van der Waals surface area contributed by atoms with E-state index in [4.69, 9.17) is 46.4 Å². The van der Waals surface area contributed by atoms with Crippen molar-refractivity contribution in [1.82, 2.24) is 0 Å². The zero-order valence-corrected chi connectivity index (χ0v) is 15.4. The number of anilines is 1. The highest BCUT2D eigenvalue weighted by atomic mass is 79.9. The van der Waals surface area contributed by atoms with Gasteiger partial charge in [0.25, 0.3) is 10.0 Å². The van der Waals surface area contributed by atoms with E-state index in [1.807, 2.05) is 0 Å². The number of sulfonamides is 1. The smallest absolute Gasteiger partial charge is 0.264 e. The van der Waals surface area contributed by atoms with E-state index in [1.165, 1.54) is 24.3 Å². The Labute approximate surface area is 150 Å². The van der Waals surface area contributed by atoms with E-state index in [2.05, 4.69) is 20.7 Å². The maximum Gasteiger partial charge on any atom is 0.264 e. The predicted molar refractivity (Wildman–Crippen MR) is 91.4 cm³/mol. The van der Waals surface area contributed by atoms with Gasteiger partial charge in [-0.1, -0.05) is 62.3 Å². The van der Waals surface area contributed by atoms with Gasteiger partial charge in [-0.15, -0.1) is 0 Å². The number of rotatable bonds is 3. The molecule has 112 valence electrons. The fraction of sp³-hybridized carbons (Fsp3) is 0. The Morgan fingerprint density at radius 3 is 2.05 bits per heavy atom. The third kappa shape index (κ3) is 3.97. The fourth-order valence-electron chi connectivity index (χ4n) is 1.56. The number of hydrogen-bond acceptors (Lipinski definition) is 2. The van der Waals surface area contributed by atoms with E-state index >= 15 is 0 Å². The lowest BCUT2D eigenvalue weighted by atomic mass is 10.3. The van der Waals surface area contributed by atoms with Crippen LogP contribution in [0.5, 0.6) is 0 Å². The van der Waals surface area contributed by atoms with Crippen molar-refractivity contribution >= 4 is 78.0 Å². The monoisotopic (exact) mass is 447 g/mol. The van der Waals surface area contributed by atoms with Crippen molar-refractivity contribution in [3.63, 3.8) is 0 Å². The summed E-state index contributed by atoms with van der Waals surface area (Å²) in [5, 5.41) is 0.512. The molecule has 0 aliphatic carbocycles. The van der Waals surface area contributed by atoms with Crippen molar-refractivity contribution in [2.75, 3.05) is 4.72 Å². The summed E-state index contributed by atoms with van der Waals surface area (Å²) in [5.74, 6) is 0. The highest BCUT2D eigenvalue weighted by molar-refractivity contribution is 9.10. The molecule has 0 unspecified atom stereocenters. The Kier molecular flexibility index (Phi) is 5.34. The molecule has 0 radical (unpaired) electrons. The van der Waals surface area contributed by atoms with Gasteiger partial charge in [0.15, 0.2) is 0 Å². The number of hydrogen-bond donors (Lipinski definition) is 1. The van der Waals surface area contributed by atoms with Gasteiger partial charge in [-0.2, -0.15) is 0 Å². The van der Waals surface area contributed by atoms with E-state index in [9.17, 15) is 8.42 Å². The summed E-state index contributed by atoms with van der Waals surface area (Å²) in [4.78, 5) is -0.231. The lowest BCUT2D eigenvalue weighted by Crippen LogP contribution is -2.14. The summed E-state index contributed by atoms with van der Waals surface area (Å²) in [6.07, 6.45) is 0. The molecule has 0 atom stereocenters. The van der Waals surface area contributed by atoms with Gasteiger partial charge in [0.05, 0.1) is 20.8 Å². The van der Waals surface area contributed by atoms with E-state index in [0.29, 0.717) is 9.50 Å². The molecule has 0 aliphatic heterocycles. The summed E-state index contributed by atoms with van der Waals surface area (Å²) < 4.78 is 27.7. The predicted octanol–water partition coefficient (Wildman–Crippen LogP) is 5.86. The van der Waals surface area contributed by atoms with Gasteiger partial charge < -0.3 is 0 Å². The zero-order chi connectivity index (χ0) is 15.8. The van der Waals surface area contributed by atoms with Crippen LogP contribution < -0.4 is 4.72 Å². The molecule has 0 saturated carbocycles. The van der Waals surface area contributed by atoms with Crippen molar-refractivity contribution in [3.8, 4) is 0 Å². The highest BCUT2D eigenvalue weighted by Crippen LogP contribution is 2.35. The van der Waals surface area contributed by atoms with Gasteiger partial charge in [-0.05, 0) is 30.3 Å². The minimum Gasteiger partial charge on any atom is -0.278 e. The van der Waals surface area contributed by atoms with Crippen LogP contribution in [0.2, 0.25) is 20.1 Å². The van der Waals surface area contributed by atoms with Gasteiger partial charge in [0, 0.05) is 9.50 Å². The zero-order valence-electron chi connectivity index (χ0n) is 10.0. The normalized spacial score (nSPS) is 11.5. The highest BCUT2D eigenvalue weighted by Gasteiger charge is 2.23. The first kappa shape index (κ1) is 17.2. The van der Waals surface area contributed by atoms with E-state index < -0.39 is 10.0 Å². The van der Waals surface area contributed by atoms with Crippen LogP contribution in [-0.2, 0) is 10.0 Å². The van der Waals surface area contributed by atoms with Crippen LogP contribution in [0.4, 0.5) is 5.69 Å². The van der Waals surface area contributed by atoms with Gasteiger partial charge in [-0.25, -0.2) is 8.42 Å². The lowest BCUT2D eigenvalue weighted by molar-refractivity contribution is 0.601. The SMILES string of the molecule is O=S(=O)(Nc1cc(Cl)ccc1Cl)c1c(Cl)cc(Br)cc1Cl. The molecule has 0 bridgehead atoms. The molecule has 21 heavy (non-hydrogen) atoms. The second-order valence-corrected chi connectivity index (χ2v) is 8.12. The Bertz CT molecular complexity index is 788. The molecule has 3 nitrogen and oxygen atoms in total. The lowest BCUT2D eigenvalue weighted by Gasteiger charge is -2.12. The largest absolute Gasteiger partial charge is 0.278 e. The van der Waals surface area contributed by atoms with Crippen LogP contribution in [-0.4, -0.2) is 8.42 Å². The minimum absolute atomic E-state index is 0.0139. The molecule has 0 amide bonds. The Morgan fingerprint density at radius 1 is 0.905 bits per heavy atom. The standard InChI is InChI=1S/C12H6BrCl4NO2S/c13-6-3-9(16)12(10(17)4-6)21(19,20)18-11-5-7(14)1-2-8(11)15/h1-5,18H. The molecule has 0 aromatic heterocycles. The van der Waals surface area contributed by atoms with E-state index in [1.54, 1.807) is 6.07 Å². The molecular weight excluding hydrogens is 444 g/mol. The summed E-state index contributed by atoms with van der Waals surface area (Å²) in [5.41, 5.74) is 0.138. The first-order valence-corrected chi connectivity index (χ1v) is 9.12. The second-order valence-electron chi connectivity index (χ2n) is 3.93. The van der Waals surface area contributed by atoms with Crippen molar-refractivity contribution in [2.24, 2.45) is 0 Å². The summed E-state index contributed by atoms with van der Waals surface area (Å²) in [6, 6.07) is 7.28. The molecule has 2 aromatic rings. The second kappa shape index (κ2) is 6.52. The molecule has 0 heterocycles. The molecule has 2 rings (SSSR count). The number of halogens is 5. The Morgan fingerprint density at radius 2 is 1.48 bits per heavy atom. The molecule has 0 fully saturated rings. The Balaban J connectivity index is 2.51. The minimum atomic E-state index is -4.01. The van der Waals surface area contributed by atoms with Gasteiger partial charge >= 0.3 is 0 Å². The Hall–Kier alpha value is -0.170. The molecule has 1 N–H and O–H groups in total. The quantitative estimate of drug-likeness (QED) is 0.637.